The van der Waals surface area contributed by atoms with E-state index in [1.807, 2.05) is 0 Å². The first kappa shape index (κ1) is 15.0. The molecule has 0 aliphatic heterocycles. The van der Waals surface area contributed by atoms with Gasteiger partial charge in [0.2, 0.25) is 0 Å². The molecule has 2 aromatic carbocycles. The number of benzene rings is 2. The lowest BCUT2D eigenvalue weighted by Crippen LogP contribution is -2.10. The van der Waals surface area contributed by atoms with Gasteiger partial charge in [0, 0.05) is 16.1 Å². The molecule has 0 radical (unpaired) electrons. The molecule has 2 nitrogen and oxygen atoms in total. The fourth-order valence-electron chi connectivity index (χ4n) is 1.66. The molecule has 2 rings (SSSR count). The lowest BCUT2D eigenvalue weighted by molar-refractivity contribution is 0.0721. The number of hydrogen-bond donors (Lipinski definition) is 0. The summed E-state index contributed by atoms with van der Waals surface area (Å²) in [4.78, 5) is 11.9. The lowest BCUT2D eigenvalue weighted by atomic mass is 10.1. The van der Waals surface area contributed by atoms with E-state index >= 15 is 0 Å². The van der Waals surface area contributed by atoms with Crippen molar-refractivity contribution in [1.29, 1.82) is 0 Å². The van der Waals surface area contributed by atoms with E-state index in [1.165, 1.54) is 12.1 Å². The molecule has 0 unspecified atom stereocenters. The second-order valence-corrected chi connectivity index (χ2v) is 4.98. The highest BCUT2D eigenvalue weighted by atomic mass is 35.5. The van der Waals surface area contributed by atoms with E-state index in [9.17, 15) is 9.18 Å². The van der Waals surface area contributed by atoms with Gasteiger partial charge in [-0.3, -0.25) is 4.79 Å². The van der Waals surface area contributed by atoms with Gasteiger partial charge in [-0.05, 0) is 24.3 Å². The lowest BCUT2D eigenvalue weighted by Gasteiger charge is -2.06. The van der Waals surface area contributed by atoms with Gasteiger partial charge in [0.15, 0.2) is 5.78 Å². The van der Waals surface area contributed by atoms with Crippen LogP contribution < -0.4 is 0 Å². The van der Waals surface area contributed by atoms with Gasteiger partial charge in [-0.25, -0.2) is 4.39 Å². The summed E-state index contributed by atoms with van der Waals surface area (Å²) in [5, 5.41) is 0.732. The summed E-state index contributed by atoms with van der Waals surface area (Å²) in [6, 6.07) is 10.9. The minimum Gasteiger partial charge on any atom is -0.369 e. The molecule has 0 saturated carbocycles. The maximum absolute atomic E-state index is 13.3. The second kappa shape index (κ2) is 6.84. The number of Topliss-reactive ketones (excluding diaryl/α,β-unsaturated/α-hetero) is 1. The van der Waals surface area contributed by atoms with Crippen molar-refractivity contribution in [3.8, 4) is 0 Å². The first-order valence-electron chi connectivity index (χ1n) is 5.87. The van der Waals surface area contributed by atoms with Crippen molar-refractivity contribution < 1.29 is 13.9 Å². The quantitative estimate of drug-likeness (QED) is 0.758. The Morgan fingerprint density at radius 1 is 1.15 bits per heavy atom. The highest BCUT2D eigenvalue weighted by Crippen LogP contribution is 2.21. The predicted octanol–water partition coefficient (Wildman–Crippen LogP) is 4.53. The molecule has 0 aromatic heterocycles. The van der Waals surface area contributed by atoms with Crippen LogP contribution >= 0.6 is 23.2 Å². The first-order valence-corrected chi connectivity index (χ1v) is 6.63. The summed E-state index contributed by atoms with van der Waals surface area (Å²) in [6.45, 7) is -0.140. The zero-order valence-corrected chi connectivity index (χ0v) is 11.9. The summed E-state index contributed by atoms with van der Waals surface area (Å²) >= 11 is 11.7. The van der Waals surface area contributed by atoms with E-state index in [-0.39, 0.29) is 29.8 Å². The monoisotopic (exact) mass is 312 g/mol. The Labute approximate surface area is 126 Å². The van der Waals surface area contributed by atoms with Gasteiger partial charge in [-0.15, -0.1) is 0 Å². The van der Waals surface area contributed by atoms with Crippen LogP contribution in [0.1, 0.15) is 15.9 Å². The van der Waals surface area contributed by atoms with Gasteiger partial charge in [-0.1, -0.05) is 41.4 Å². The van der Waals surface area contributed by atoms with E-state index in [2.05, 4.69) is 0 Å². The van der Waals surface area contributed by atoms with Crippen molar-refractivity contribution in [1.82, 2.24) is 0 Å². The van der Waals surface area contributed by atoms with Crippen molar-refractivity contribution in [2.75, 3.05) is 6.61 Å². The van der Waals surface area contributed by atoms with Gasteiger partial charge in [0.25, 0.3) is 0 Å². The van der Waals surface area contributed by atoms with Crippen LogP contribution in [0.25, 0.3) is 0 Å². The molecule has 20 heavy (non-hydrogen) atoms. The number of carbonyl (C=O) groups excluding carboxylic acids is 1. The molecular weight excluding hydrogens is 302 g/mol. The Morgan fingerprint density at radius 3 is 2.60 bits per heavy atom. The summed E-state index contributed by atoms with van der Waals surface area (Å²) in [6.07, 6.45) is 0. The maximum Gasteiger partial charge on any atom is 0.189 e. The van der Waals surface area contributed by atoms with Crippen LogP contribution in [0.3, 0.4) is 0 Å². The second-order valence-electron chi connectivity index (χ2n) is 4.13. The largest absolute Gasteiger partial charge is 0.369 e. The van der Waals surface area contributed by atoms with E-state index in [4.69, 9.17) is 27.9 Å². The highest BCUT2D eigenvalue weighted by Gasteiger charge is 2.11. The smallest absolute Gasteiger partial charge is 0.189 e. The van der Waals surface area contributed by atoms with Crippen LogP contribution in [0.4, 0.5) is 4.39 Å². The standard InChI is InChI=1S/C15H11Cl2FO2/c16-11-5-6-12(13(17)7-11)15(19)9-20-8-10-3-1-2-4-14(10)18/h1-7H,8-9H2. The Morgan fingerprint density at radius 2 is 1.90 bits per heavy atom. The van der Waals surface area contributed by atoms with E-state index in [0.717, 1.165) is 0 Å². The van der Waals surface area contributed by atoms with Crippen molar-refractivity contribution in [2.24, 2.45) is 0 Å². The highest BCUT2D eigenvalue weighted by molar-refractivity contribution is 6.36. The first-order chi connectivity index (χ1) is 9.58. The minimum atomic E-state index is -0.357. The predicted molar refractivity (Wildman–Crippen MR) is 76.8 cm³/mol. The minimum absolute atomic E-state index is 0.0314. The van der Waals surface area contributed by atoms with Gasteiger partial charge >= 0.3 is 0 Å². The molecule has 0 aliphatic rings. The molecule has 2 aromatic rings. The molecule has 0 heterocycles. The summed E-state index contributed by atoms with van der Waals surface area (Å²) < 4.78 is 18.6. The molecule has 0 saturated heterocycles. The molecule has 0 amide bonds. The van der Waals surface area contributed by atoms with Crippen LogP contribution in [0.5, 0.6) is 0 Å². The summed E-state index contributed by atoms with van der Waals surface area (Å²) in [5.74, 6) is -0.632. The third-order valence-electron chi connectivity index (χ3n) is 2.68. The Balaban J connectivity index is 1.94. The summed E-state index contributed by atoms with van der Waals surface area (Å²) in [7, 11) is 0. The molecule has 104 valence electrons. The molecule has 5 heteroatoms. The van der Waals surface area contributed by atoms with Crippen molar-refractivity contribution in [3.63, 3.8) is 0 Å². The topological polar surface area (TPSA) is 26.3 Å². The number of ether oxygens (including phenoxy) is 1. The summed E-state index contributed by atoms with van der Waals surface area (Å²) in [5.41, 5.74) is 0.743. The van der Waals surface area contributed by atoms with Gasteiger partial charge < -0.3 is 4.74 Å². The average molecular weight is 313 g/mol. The number of ketones is 1. The average Bonchev–Trinajstić information content (AvgIpc) is 2.40. The van der Waals surface area contributed by atoms with Gasteiger partial charge in [0.1, 0.15) is 12.4 Å². The maximum atomic E-state index is 13.3. The molecular formula is C15H11Cl2FO2. The third-order valence-corrected chi connectivity index (χ3v) is 3.23. The Bertz CT molecular complexity index is 629. The molecule has 0 spiro atoms. The fourth-order valence-corrected chi connectivity index (χ4v) is 2.18. The number of halogens is 3. The number of hydrogen-bond acceptors (Lipinski definition) is 2. The molecule has 0 atom stereocenters. The van der Waals surface area contributed by atoms with Gasteiger partial charge in [0.05, 0.1) is 11.6 Å². The fraction of sp³-hybridized carbons (Fsp3) is 0.133. The van der Waals surface area contributed by atoms with Crippen molar-refractivity contribution >= 4 is 29.0 Å². The molecule has 0 bridgehead atoms. The van der Waals surface area contributed by atoms with Crippen molar-refractivity contribution in [2.45, 2.75) is 6.61 Å². The Kier molecular flexibility index (Phi) is 5.12. The third kappa shape index (κ3) is 3.79. The van der Waals surface area contributed by atoms with Crippen molar-refractivity contribution in [3.05, 3.63) is 69.5 Å². The zero-order chi connectivity index (χ0) is 14.5. The number of carbonyl (C=O) groups is 1. The zero-order valence-electron chi connectivity index (χ0n) is 10.4. The van der Waals surface area contributed by atoms with Gasteiger partial charge in [-0.2, -0.15) is 0 Å². The molecule has 0 aliphatic carbocycles. The molecule has 0 N–H and O–H groups in total. The van der Waals surface area contributed by atoms with Crippen LogP contribution in [0.15, 0.2) is 42.5 Å². The molecule has 0 fully saturated rings. The van der Waals surface area contributed by atoms with Crippen LogP contribution in [0, 0.1) is 5.82 Å². The van der Waals surface area contributed by atoms with E-state index in [0.29, 0.717) is 16.1 Å². The number of rotatable bonds is 5. The van der Waals surface area contributed by atoms with Crippen LogP contribution in [-0.4, -0.2) is 12.4 Å². The van der Waals surface area contributed by atoms with E-state index < -0.39 is 0 Å². The van der Waals surface area contributed by atoms with E-state index in [1.54, 1.807) is 30.3 Å². The normalized spacial score (nSPS) is 10.6. The SMILES string of the molecule is O=C(COCc1ccccc1F)c1ccc(Cl)cc1Cl. The van der Waals surface area contributed by atoms with Crippen LogP contribution in [0.2, 0.25) is 10.0 Å². The van der Waals surface area contributed by atoms with Crippen LogP contribution in [-0.2, 0) is 11.3 Å². The Hall–Kier alpha value is -1.42.